The summed E-state index contributed by atoms with van der Waals surface area (Å²) >= 11 is 2.01. The zero-order valence-corrected chi connectivity index (χ0v) is 18.4. The maximum atomic E-state index is 13.4. The Balaban J connectivity index is 1.67. The van der Waals surface area contributed by atoms with Gasteiger partial charge in [-0.05, 0) is 72.6 Å². The van der Waals surface area contributed by atoms with E-state index in [-0.39, 0.29) is 23.0 Å². The van der Waals surface area contributed by atoms with Crippen LogP contribution in [-0.2, 0) is 4.79 Å². The fourth-order valence-electron chi connectivity index (χ4n) is 3.03. The predicted molar refractivity (Wildman–Crippen MR) is 113 cm³/mol. The number of rotatable bonds is 6. The molecule has 7 heteroatoms. The highest BCUT2D eigenvalue weighted by Crippen LogP contribution is 2.17. The second kappa shape index (κ2) is 9.82. The molecule has 1 fully saturated rings. The molecule has 1 aromatic carbocycles. The summed E-state index contributed by atoms with van der Waals surface area (Å²) < 4.78 is 14.1. The van der Waals surface area contributed by atoms with Gasteiger partial charge in [-0.1, -0.05) is 20.8 Å². The lowest BCUT2D eigenvalue weighted by Gasteiger charge is -2.32. The van der Waals surface area contributed by atoms with Crippen LogP contribution < -0.4 is 10.6 Å². The molecule has 2 rings (SSSR count). The Morgan fingerprint density at radius 3 is 2.44 bits per heavy atom. The van der Waals surface area contributed by atoms with Gasteiger partial charge in [-0.2, -0.15) is 0 Å². The average molecular weight is 489 g/mol. The Hall–Kier alpha value is -1.22. The first kappa shape index (κ1) is 22.1. The summed E-state index contributed by atoms with van der Waals surface area (Å²) in [6.07, 6.45) is 2.02. The van der Waals surface area contributed by atoms with Crippen molar-refractivity contribution in [3.05, 3.63) is 33.1 Å². The number of nitrogens with one attached hydrogen (secondary N) is 2. The summed E-state index contributed by atoms with van der Waals surface area (Å²) in [4.78, 5) is 26.4. The minimum atomic E-state index is -0.390. The molecule has 1 saturated heterocycles. The smallest absolute Gasteiger partial charge is 0.251 e. The second-order valence-electron chi connectivity index (χ2n) is 8.16. The lowest BCUT2D eigenvalue weighted by Crippen LogP contribution is -2.43. The molecule has 0 unspecified atom stereocenters. The normalized spacial score (nSPS) is 16.2. The Morgan fingerprint density at radius 2 is 1.85 bits per heavy atom. The molecule has 2 N–H and O–H groups in total. The standard InChI is InChI=1S/C20H29FIN3O2/c1-20(2,3)19(27)23-6-9-25-7-4-14(5-8-25)13-24-18(26)15-10-16(21)12-17(22)11-15/h10-12,14H,4-9,13H2,1-3H3,(H,23,27)(H,24,26). The Bertz CT molecular complexity index is 647. The van der Waals surface area contributed by atoms with Gasteiger partial charge in [0.05, 0.1) is 0 Å². The quantitative estimate of drug-likeness (QED) is 0.605. The molecule has 0 aliphatic carbocycles. The van der Waals surface area contributed by atoms with E-state index in [0.717, 1.165) is 32.5 Å². The Labute approximate surface area is 174 Å². The third-order valence-corrected chi connectivity index (χ3v) is 5.40. The van der Waals surface area contributed by atoms with Crippen LogP contribution in [0.4, 0.5) is 4.39 Å². The van der Waals surface area contributed by atoms with Crippen LogP contribution in [0.3, 0.4) is 0 Å². The molecular weight excluding hydrogens is 460 g/mol. The molecule has 150 valence electrons. The van der Waals surface area contributed by atoms with E-state index in [1.807, 2.05) is 43.4 Å². The van der Waals surface area contributed by atoms with Crippen LogP contribution in [0.2, 0.25) is 0 Å². The van der Waals surface area contributed by atoms with Crippen LogP contribution in [0.5, 0.6) is 0 Å². The van der Waals surface area contributed by atoms with Crippen LogP contribution in [0.15, 0.2) is 18.2 Å². The number of benzene rings is 1. The fourth-order valence-corrected chi connectivity index (χ4v) is 3.66. The number of halogens is 2. The van der Waals surface area contributed by atoms with Gasteiger partial charge >= 0.3 is 0 Å². The number of nitrogens with zero attached hydrogens (tertiary/aromatic N) is 1. The molecule has 0 spiro atoms. The molecule has 27 heavy (non-hydrogen) atoms. The van der Waals surface area contributed by atoms with E-state index in [9.17, 15) is 14.0 Å². The zero-order valence-electron chi connectivity index (χ0n) is 16.3. The van der Waals surface area contributed by atoms with Crippen LogP contribution in [0.1, 0.15) is 44.0 Å². The molecule has 0 saturated carbocycles. The summed E-state index contributed by atoms with van der Waals surface area (Å²) in [7, 11) is 0. The molecule has 1 heterocycles. The van der Waals surface area contributed by atoms with Crippen molar-refractivity contribution in [2.75, 3.05) is 32.7 Å². The molecule has 0 radical (unpaired) electrons. The van der Waals surface area contributed by atoms with Crippen LogP contribution in [0.25, 0.3) is 0 Å². The van der Waals surface area contributed by atoms with Crippen molar-refractivity contribution < 1.29 is 14.0 Å². The number of likely N-dealkylation sites (tertiary alicyclic amines) is 1. The molecular formula is C20H29FIN3O2. The molecule has 1 aromatic rings. The van der Waals surface area contributed by atoms with Crippen LogP contribution >= 0.6 is 22.6 Å². The van der Waals surface area contributed by atoms with Crippen molar-refractivity contribution in [2.24, 2.45) is 11.3 Å². The largest absolute Gasteiger partial charge is 0.354 e. The summed E-state index contributed by atoms with van der Waals surface area (Å²) in [6.45, 7) is 9.78. The fraction of sp³-hybridized carbons (Fsp3) is 0.600. The first-order chi connectivity index (χ1) is 12.6. The lowest BCUT2D eigenvalue weighted by atomic mass is 9.95. The maximum absolute atomic E-state index is 13.4. The van der Waals surface area contributed by atoms with E-state index in [0.29, 0.717) is 28.1 Å². The SMILES string of the molecule is CC(C)(C)C(=O)NCCN1CCC(CNC(=O)c2cc(F)cc(I)c2)CC1. The van der Waals surface area contributed by atoms with E-state index in [4.69, 9.17) is 0 Å². The van der Waals surface area contributed by atoms with Crippen molar-refractivity contribution in [3.63, 3.8) is 0 Å². The van der Waals surface area contributed by atoms with Gasteiger partial charge in [-0.3, -0.25) is 9.59 Å². The highest BCUT2D eigenvalue weighted by molar-refractivity contribution is 14.1. The Morgan fingerprint density at radius 1 is 1.19 bits per heavy atom. The van der Waals surface area contributed by atoms with Crippen LogP contribution in [0, 0.1) is 20.7 Å². The molecule has 2 amide bonds. The number of carbonyl (C=O) groups excluding carboxylic acids is 2. The summed E-state index contributed by atoms with van der Waals surface area (Å²) in [5.74, 6) is -0.104. The van der Waals surface area contributed by atoms with Crippen molar-refractivity contribution in [1.82, 2.24) is 15.5 Å². The molecule has 0 bridgehead atoms. The maximum Gasteiger partial charge on any atom is 0.251 e. The molecule has 1 aliphatic rings. The van der Waals surface area contributed by atoms with Gasteiger partial charge in [0.15, 0.2) is 0 Å². The van der Waals surface area contributed by atoms with Gasteiger partial charge in [0.25, 0.3) is 5.91 Å². The summed E-state index contributed by atoms with van der Waals surface area (Å²) in [5.41, 5.74) is 0.0108. The second-order valence-corrected chi connectivity index (χ2v) is 9.40. The van der Waals surface area contributed by atoms with E-state index >= 15 is 0 Å². The number of amides is 2. The third-order valence-electron chi connectivity index (χ3n) is 4.78. The van der Waals surface area contributed by atoms with Gasteiger partial charge in [-0.15, -0.1) is 0 Å². The van der Waals surface area contributed by atoms with Crippen molar-refractivity contribution in [1.29, 1.82) is 0 Å². The van der Waals surface area contributed by atoms with Gasteiger partial charge < -0.3 is 15.5 Å². The molecule has 0 aromatic heterocycles. The highest BCUT2D eigenvalue weighted by Gasteiger charge is 2.22. The number of carbonyl (C=O) groups is 2. The van der Waals surface area contributed by atoms with Gasteiger partial charge in [0.2, 0.25) is 5.91 Å². The van der Waals surface area contributed by atoms with Crippen molar-refractivity contribution in [2.45, 2.75) is 33.6 Å². The monoisotopic (exact) mass is 489 g/mol. The van der Waals surface area contributed by atoms with Crippen molar-refractivity contribution >= 4 is 34.4 Å². The Kier molecular flexibility index (Phi) is 8.03. The number of piperidine rings is 1. The van der Waals surface area contributed by atoms with E-state index in [2.05, 4.69) is 15.5 Å². The van der Waals surface area contributed by atoms with Crippen molar-refractivity contribution in [3.8, 4) is 0 Å². The molecule has 1 aliphatic heterocycles. The van der Waals surface area contributed by atoms with E-state index in [1.54, 1.807) is 6.07 Å². The van der Waals surface area contributed by atoms with E-state index in [1.165, 1.54) is 12.1 Å². The summed E-state index contributed by atoms with van der Waals surface area (Å²) in [6, 6.07) is 4.36. The van der Waals surface area contributed by atoms with Gasteiger partial charge in [0.1, 0.15) is 5.82 Å². The first-order valence-electron chi connectivity index (χ1n) is 9.40. The predicted octanol–water partition coefficient (Wildman–Crippen LogP) is 3.03. The number of hydrogen-bond acceptors (Lipinski definition) is 3. The number of hydrogen-bond donors (Lipinski definition) is 2. The molecule has 5 nitrogen and oxygen atoms in total. The minimum absolute atomic E-state index is 0.0760. The molecule has 0 atom stereocenters. The van der Waals surface area contributed by atoms with Gasteiger partial charge in [-0.25, -0.2) is 4.39 Å². The first-order valence-corrected chi connectivity index (χ1v) is 10.5. The van der Waals surface area contributed by atoms with Gasteiger partial charge in [0, 0.05) is 34.2 Å². The third kappa shape index (κ3) is 7.37. The van der Waals surface area contributed by atoms with E-state index < -0.39 is 0 Å². The minimum Gasteiger partial charge on any atom is -0.354 e. The zero-order chi connectivity index (χ0) is 20.0. The highest BCUT2D eigenvalue weighted by atomic mass is 127. The lowest BCUT2D eigenvalue weighted by molar-refractivity contribution is -0.128. The average Bonchev–Trinajstić information content (AvgIpc) is 2.59. The summed E-state index contributed by atoms with van der Waals surface area (Å²) in [5, 5.41) is 5.91. The van der Waals surface area contributed by atoms with Crippen LogP contribution in [-0.4, -0.2) is 49.4 Å². The topological polar surface area (TPSA) is 61.4 Å².